The fraction of sp³-hybridized carbons (Fsp3) is 0.714. The molecule has 0 spiro atoms. The minimum absolute atomic E-state index is 0.0580. The van der Waals surface area contributed by atoms with E-state index in [-0.39, 0.29) is 11.9 Å². The molecule has 0 radical (unpaired) electrons. The van der Waals surface area contributed by atoms with Crippen molar-refractivity contribution in [2.75, 3.05) is 33.2 Å². The number of piperazine rings is 1. The van der Waals surface area contributed by atoms with E-state index in [9.17, 15) is 4.79 Å². The van der Waals surface area contributed by atoms with Gasteiger partial charge in [-0.05, 0) is 26.5 Å². The minimum atomic E-state index is 0.0580. The lowest BCUT2D eigenvalue weighted by Crippen LogP contribution is -2.57. The van der Waals surface area contributed by atoms with Crippen LogP contribution < -0.4 is 5.73 Å². The number of carbonyl (C=O) groups excluding carboxylic acids is 1. The number of rotatable bonds is 4. The summed E-state index contributed by atoms with van der Waals surface area (Å²) in [4.78, 5) is 16.9. The summed E-state index contributed by atoms with van der Waals surface area (Å²) in [6, 6.07) is 2.00. The predicted octanol–water partition coefficient (Wildman–Crippen LogP) is 0.180. The molecule has 0 aliphatic carbocycles. The summed E-state index contributed by atoms with van der Waals surface area (Å²) in [7, 11) is 2.07. The second-order valence-electron chi connectivity index (χ2n) is 5.34. The first kappa shape index (κ1) is 15.0. The summed E-state index contributed by atoms with van der Waals surface area (Å²) >= 11 is 0. The molecule has 1 fully saturated rings. The number of nitrogens with zero attached hydrogens (tertiary/aromatic N) is 4. The van der Waals surface area contributed by atoms with Gasteiger partial charge in [0.25, 0.3) is 5.91 Å². The Hall–Kier alpha value is -1.40. The highest BCUT2D eigenvalue weighted by molar-refractivity contribution is 5.93. The van der Waals surface area contributed by atoms with Crippen LogP contribution in [0.5, 0.6) is 0 Å². The maximum absolute atomic E-state index is 12.8. The molecule has 1 aromatic rings. The van der Waals surface area contributed by atoms with E-state index in [4.69, 9.17) is 5.73 Å². The molecule has 2 N–H and O–H groups in total. The number of likely N-dealkylation sites (N-methyl/N-ethyl adjacent to an activating group) is 1. The minimum Gasteiger partial charge on any atom is -0.330 e. The third-order valence-electron chi connectivity index (χ3n) is 3.93. The summed E-state index contributed by atoms with van der Waals surface area (Å²) < 4.78 is 1.80. The first-order valence-electron chi connectivity index (χ1n) is 7.37. The topological polar surface area (TPSA) is 67.4 Å². The molecule has 0 bridgehead atoms. The van der Waals surface area contributed by atoms with Crippen molar-refractivity contribution in [2.45, 2.75) is 32.9 Å². The maximum Gasteiger partial charge on any atom is 0.272 e. The van der Waals surface area contributed by atoms with Crippen LogP contribution in [0.3, 0.4) is 0 Å². The van der Waals surface area contributed by atoms with Crippen molar-refractivity contribution in [3.63, 3.8) is 0 Å². The zero-order valence-electron chi connectivity index (χ0n) is 12.7. The van der Waals surface area contributed by atoms with Crippen LogP contribution in [0.25, 0.3) is 0 Å². The maximum atomic E-state index is 12.8. The van der Waals surface area contributed by atoms with E-state index in [1.165, 1.54) is 0 Å². The standard InChI is InChI=1S/C14H25N5O/c1-4-11-8-13(19(5-2)16-11)14(20)18-7-6-17(3)10-12(18)9-15/h8,12H,4-7,9-10,15H2,1-3H3. The van der Waals surface area contributed by atoms with Crippen LogP contribution in [-0.4, -0.2) is 64.8 Å². The van der Waals surface area contributed by atoms with Gasteiger partial charge >= 0.3 is 0 Å². The van der Waals surface area contributed by atoms with E-state index >= 15 is 0 Å². The Kier molecular flexibility index (Phi) is 4.77. The predicted molar refractivity (Wildman–Crippen MR) is 78.7 cm³/mol. The Balaban J connectivity index is 2.23. The average molecular weight is 279 g/mol. The molecule has 1 atom stereocenters. The van der Waals surface area contributed by atoms with E-state index in [2.05, 4.69) is 24.0 Å². The van der Waals surface area contributed by atoms with E-state index < -0.39 is 0 Å². The summed E-state index contributed by atoms with van der Waals surface area (Å²) in [5.74, 6) is 0.0580. The van der Waals surface area contributed by atoms with Gasteiger partial charge in [0, 0.05) is 32.7 Å². The molecule has 0 aromatic carbocycles. The highest BCUT2D eigenvalue weighted by atomic mass is 16.2. The van der Waals surface area contributed by atoms with Gasteiger partial charge in [-0.25, -0.2) is 0 Å². The molecular formula is C14H25N5O. The lowest BCUT2D eigenvalue weighted by atomic mass is 10.1. The number of hydrogen-bond acceptors (Lipinski definition) is 4. The van der Waals surface area contributed by atoms with Crippen molar-refractivity contribution in [1.29, 1.82) is 0 Å². The fourth-order valence-electron chi connectivity index (χ4n) is 2.68. The second kappa shape index (κ2) is 6.37. The molecule has 2 heterocycles. The smallest absolute Gasteiger partial charge is 0.272 e. The summed E-state index contributed by atoms with van der Waals surface area (Å²) in [5.41, 5.74) is 7.48. The van der Waals surface area contributed by atoms with Crippen LogP contribution in [0.15, 0.2) is 6.07 Å². The Labute approximate surface area is 120 Å². The van der Waals surface area contributed by atoms with Gasteiger partial charge in [0.05, 0.1) is 11.7 Å². The monoisotopic (exact) mass is 279 g/mol. The molecule has 1 aliphatic heterocycles. The quantitative estimate of drug-likeness (QED) is 0.854. The molecule has 6 nitrogen and oxygen atoms in total. The van der Waals surface area contributed by atoms with Gasteiger partial charge in [0.2, 0.25) is 0 Å². The molecule has 112 valence electrons. The summed E-state index contributed by atoms with van der Waals surface area (Å²) in [6.07, 6.45) is 0.844. The first-order chi connectivity index (χ1) is 9.60. The van der Waals surface area contributed by atoms with Crippen LogP contribution in [0, 0.1) is 0 Å². The molecular weight excluding hydrogens is 254 g/mol. The van der Waals surface area contributed by atoms with Crippen molar-refractivity contribution < 1.29 is 4.79 Å². The van der Waals surface area contributed by atoms with Crippen molar-refractivity contribution >= 4 is 5.91 Å². The highest BCUT2D eigenvalue weighted by Crippen LogP contribution is 2.14. The number of aryl methyl sites for hydroxylation is 2. The average Bonchev–Trinajstić information content (AvgIpc) is 2.89. The molecule has 1 unspecified atom stereocenters. The zero-order chi connectivity index (χ0) is 14.7. The van der Waals surface area contributed by atoms with Gasteiger partial charge in [-0.1, -0.05) is 6.92 Å². The third-order valence-corrected chi connectivity index (χ3v) is 3.93. The zero-order valence-corrected chi connectivity index (χ0v) is 12.7. The van der Waals surface area contributed by atoms with Crippen molar-refractivity contribution in [1.82, 2.24) is 19.6 Å². The van der Waals surface area contributed by atoms with Gasteiger partial charge in [-0.15, -0.1) is 0 Å². The SMILES string of the molecule is CCc1cc(C(=O)N2CCN(C)CC2CN)n(CC)n1. The lowest BCUT2D eigenvalue weighted by molar-refractivity contribution is 0.0504. The molecule has 1 amide bonds. The highest BCUT2D eigenvalue weighted by Gasteiger charge is 2.30. The number of aromatic nitrogens is 2. The van der Waals surface area contributed by atoms with Gasteiger partial charge in [0.1, 0.15) is 5.69 Å². The van der Waals surface area contributed by atoms with Crippen molar-refractivity contribution in [2.24, 2.45) is 5.73 Å². The van der Waals surface area contributed by atoms with E-state index in [0.29, 0.717) is 18.8 Å². The Morgan fingerprint density at radius 2 is 2.20 bits per heavy atom. The Morgan fingerprint density at radius 1 is 1.45 bits per heavy atom. The summed E-state index contributed by atoms with van der Waals surface area (Å²) in [5, 5.41) is 4.46. The van der Waals surface area contributed by atoms with Gasteiger partial charge in [-0.2, -0.15) is 5.10 Å². The van der Waals surface area contributed by atoms with Crippen LogP contribution in [-0.2, 0) is 13.0 Å². The summed E-state index contributed by atoms with van der Waals surface area (Å²) in [6.45, 7) is 7.72. The Bertz CT molecular complexity index is 470. The van der Waals surface area contributed by atoms with Gasteiger partial charge in [0.15, 0.2) is 0 Å². The van der Waals surface area contributed by atoms with Crippen molar-refractivity contribution in [3.05, 3.63) is 17.5 Å². The molecule has 1 aliphatic rings. The number of carbonyl (C=O) groups is 1. The van der Waals surface area contributed by atoms with Gasteiger partial charge < -0.3 is 15.5 Å². The van der Waals surface area contributed by atoms with E-state index in [0.717, 1.165) is 31.7 Å². The molecule has 1 saturated heterocycles. The van der Waals surface area contributed by atoms with Crippen LogP contribution in [0.4, 0.5) is 0 Å². The largest absolute Gasteiger partial charge is 0.330 e. The molecule has 0 saturated carbocycles. The van der Waals surface area contributed by atoms with Gasteiger partial charge in [-0.3, -0.25) is 9.48 Å². The lowest BCUT2D eigenvalue weighted by Gasteiger charge is -2.39. The number of amides is 1. The van der Waals surface area contributed by atoms with Crippen LogP contribution in [0.1, 0.15) is 30.0 Å². The molecule has 2 rings (SSSR count). The fourth-order valence-corrected chi connectivity index (χ4v) is 2.68. The molecule has 1 aromatic heterocycles. The Morgan fingerprint density at radius 3 is 2.80 bits per heavy atom. The number of nitrogens with two attached hydrogens (primary N) is 1. The molecule has 20 heavy (non-hydrogen) atoms. The normalized spacial score (nSPS) is 20.4. The van der Waals surface area contributed by atoms with Crippen molar-refractivity contribution in [3.8, 4) is 0 Å². The van der Waals surface area contributed by atoms with E-state index in [1.54, 1.807) is 4.68 Å². The first-order valence-corrected chi connectivity index (χ1v) is 7.37. The van der Waals surface area contributed by atoms with Crippen LogP contribution in [0.2, 0.25) is 0 Å². The third kappa shape index (κ3) is 2.86. The number of hydrogen-bond donors (Lipinski definition) is 1. The molecule has 6 heteroatoms. The van der Waals surface area contributed by atoms with Crippen LogP contribution >= 0.6 is 0 Å². The second-order valence-corrected chi connectivity index (χ2v) is 5.34. The van der Waals surface area contributed by atoms with E-state index in [1.807, 2.05) is 17.9 Å².